The van der Waals surface area contributed by atoms with Crippen molar-refractivity contribution < 1.29 is 18.0 Å². The third-order valence-electron chi connectivity index (χ3n) is 3.59. The standard InChI is InChI=1S/C17H15F2N3O2/c1-9-3-6-16(24-9)14-8-15(22-21-14)17(23)20-10(2)12-5-4-11(18)7-13(12)19/h3-8,10H,1-2H3,(H,20,23)(H,21,22). The number of rotatable bonds is 4. The van der Waals surface area contributed by atoms with Crippen molar-refractivity contribution in [2.75, 3.05) is 0 Å². The van der Waals surface area contributed by atoms with E-state index in [9.17, 15) is 13.6 Å². The summed E-state index contributed by atoms with van der Waals surface area (Å²) in [5, 5.41) is 9.28. The zero-order chi connectivity index (χ0) is 17.3. The van der Waals surface area contributed by atoms with Gasteiger partial charge in [-0.2, -0.15) is 5.10 Å². The number of nitrogens with one attached hydrogen (secondary N) is 2. The Labute approximate surface area is 136 Å². The molecule has 0 spiro atoms. The van der Waals surface area contributed by atoms with Crippen LogP contribution in [0.3, 0.4) is 0 Å². The smallest absolute Gasteiger partial charge is 0.272 e. The Bertz CT molecular complexity index is 886. The number of nitrogens with zero attached hydrogens (tertiary/aromatic N) is 1. The molecule has 0 bridgehead atoms. The molecule has 0 aliphatic rings. The van der Waals surface area contributed by atoms with Crippen LogP contribution in [0.25, 0.3) is 11.5 Å². The minimum Gasteiger partial charge on any atom is -0.460 e. The molecule has 24 heavy (non-hydrogen) atoms. The van der Waals surface area contributed by atoms with E-state index < -0.39 is 23.6 Å². The molecule has 124 valence electrons. The van der Waals surface area contributed by atoms with Gasteiger partial charge in [-0.05, 0) is 32.0 Å². The number of H-pyrrole nitrogens is 1. The molecule has 5 nitrogen and oxygen atoms in total. The van der Waals surface area contributed by atoms with Crippen LogP contribution in [0.4, 0.5) is 8.78 Å². The van der Waals surface area contributed by atoms with Crippen LogP contribution in [0.2, 0.25) is 0 Å². The van der Waals surface area contributed by atoms with Crippen molar-refractivity contribution in [1.82, 2.24) is 15.5 Å². The van der Waals surface area contributed by atoms with E-state index in [1.165, 1.54) is 6.07 Å². The molecular weight excluding hydrogens is 316 g/mol. The van der Waals surface area contributed by atoms with Crippen LogP contribution in [-0.4, -0.2) is 16.1 Å². The Morgan fingerprint density at radius 2 is 2.04 bits per heavy atom. The van der Waals surface area contributed by atoms with E-state index in [4.69, 9.17) is 4.42 Å². The Morgan fingerprint density at radius 3 is 2.71 bits per heavy atom. The summed E-state index contributed by atoms with van der Waals surface area (Å²) in [6.07, 6.45) is 0. The van der Waals surface area contributed by atoms with E-state index in [1.54, 1.807) is 25.1 Å². The number of aromatic amines is 1. The Kier molecular flexibility index (Phi) is 4.16. The first kappa shape index (κ1) is 15.9. The minimum absolute atomic E-state index is 0.147. The molecule has 1 aromatic carbocycles. The largest absolute Gasteiger partial charge is 0.460 e. The summed E-state index contributed by atoms with van der Waals surface area (Å²) < 4.78 is 32.2. The van der Waals surface area contributed by atoms with Gasteiger partial charge in [-0.3, -0.25) is 9.89 Å². The molecule has 0 aliphatic heterocycles. The molecule has 1 unspecified atom stereocenters. The van der Waals surface area contributed by atoms with Gasteiger partial charge in [0.15, 0.2) is 11.5 Å². The van der Waals surface area contributed by atoms with Crippen LogP contribution in [0, 0.1) is 18.6 Å². The second kappa shape index (κ2) is 6.27. The topological polar surface area (TPSA) is 70.9 Å². The quantitative estimate of drug-likeness (QED) is 0.765. The summed E-state index contributed by atoms with van der Waals surface area (Å²) in [5.41, 5.74) is 0.907. The lowest BCUT2D eigenvalue weighted by Crippen LogP contribution is -2.27. The minimum atomic E-state index is -0.712. The van der Waals surface area contributed by atoms with Gasteiger partial charge in [0, 0.05) is 17.7 Å². The predicted octanol–water partition coefficient (Wildman–Crippen LogP) is 3.75. The first-order chi connectivity index (χ1) is 11.4. The molecule has 1 atom stereocenters. The number of aromatic nitrogens is 2. The highest BCUT2D eigenvalue weighted by Gasteiger charge is 2.18. The van der Waals surface area contributed by atoms with E-state index in [0.29, 0.717) is 11.5 Å². The van der Waals surface area contributed by atoms with E-state index in [2.05, 4.69) is 15.5 Å². The molecule has 2 aromatic heterocycles. The number of hydrogen-bond acceptors (Lipinski definition) is 3. The van der Waals surface area contributed by atoms with Gasteiger partial charge in [0.1, 0.15) is 23.1 Å². The molecular formula is C17H15F2N3O2. The predicted molar refractivity (Wildman–Crippen MR) is 83.3 cm³/mol. The highest BCUT2D eigenvalue weighted by Crippen LogP contribution is 2.21. The van der Waals surface area contributed by atoms with Gasteiger partial charge in [-0.15, -0.1) is 0 Å². The van der Waals surface area contributed by atoms with Crippen molar-refractivity contribution in [2.24, 2.45) is 0 Å². The van der Waals surface area contributed by atoms with Gasteiger partial charge in [0.05, 0.1) is 6.04 Å². The lowest BCUT2D eigenvalue weighted by atomic mass is 10.1. The summed E-state index contributed by atoms with van der Waals surface area (Å²) in [6, 6.07) is 7.70. The fraction of sp³-hybridized carbons (Fsp3) is 0.176. The Morgan fingerprint density at radius 1 is 1.25 bits per heavy atom. The number of amides is 1. The number of hydrogen-bond donors (Lipinski definition) is 2. The molecule has 0 saturated heterocycles. The molecule has 7 heteroatoms. The van der Waals surface area contributed by atoms with Gasteiger partial charge in [0.2, 0.25) is 0 Å². The third-order valence-corrected chi connectivity index (χ3v) is 3.59. The van der Waals surface area contributed by atoms with Crippen molar-refractivity contribution in [1.29, 1.82) is 0 Å². The summed E-state index contributed by atoms with van der Waals surface area (Å²) in [7, 11) is 0. The van der Waals surface area contributed by atoms with Gasteiger partial charge >= 0.3 is 0 Å². The first-order valence-electron chi connectivity index (χ1n) is 7.32. The van der Waals surface area contributed by atoms with Gasteiger partial charge in [-0.25, -0.2) is 8.78 Å². The van der Waals surface area contributed by atoms with E-state index >= 15 is 0 Å². The maximum absolute atomic E-state index is 13.8. The second-order valence-corrected chi connectivity index (χ2v) is 5.44. The average Bonchev–Trinajstić information content (AvgIpc) is 3.15. The van der Waals surface area contributed by atoms with E-state index in [1.807, 2.05) is 6.92 Å². The third kappa shape index (κ3) is 3.19. The highest BCUT2D eigenvalue weighted by molar-refractivity contribution is 5.93. The molecule has 1 amide bonds. The molecule has 0 radical (unpaired) electrons. The van der Waals surface area contributed by atoms with Gasteiger partial charge < -0.3 is 9.73 Å². The number of benzene rings is 1. The highest BCUT2D eigenvalue weighted by atomic mass is 19.1. The monoisotopic (exact) mass is 331 g/mol. The van der Waals surface area contributed by atoms with E-state index in [0.717, 1.165) is 17.9 Å². The van der Waals surface area contributed by atoms with Crippen molar-refractivity contribution in [3.05, 3.63) is 65.1 Å². The first-order valence-corrected chi connectivity index (χ1v) is 7.32. The molecule has 0 saturated carbocycles. The maximum atomic E-state index is 13.8. The number of aryl methyl sites for hydroxylation is 1. The van der Waals surface area contributed by atoms with Crippen LogP contribution in [0.5, 0.6) is 0 Å². The summed E-state index contributed by atoms with van der Waals surface area (Å²) in [6.45, 7) is 3.42. The van der Waals surface area contributed by atoms with Crippen LogP contribution in [0.15, 0.2) is 40.8 Å². The number of carbonyl (C=O) groups excluding carboxylic acids is 1. The van der Waals surface area contributed by atoms with Crippen molar-refractivity contribution in [3.63, 3.8) is 0 Å². The lowest BCUT2D eigenvalue weighted by molar-refractivity contribution is 0.0934. The van der Waals surface area contributed by atoms with Crippen LogP contribution < -0.4 is 5.32 Å². The number of furan rings is 1. The fourth-order valence-electron chi connectivity index (χ4n) is 2.34. The average molecular weight is 331 g/mol. The van der Waals surface area contributed by atoms with Crippen LogP contribution in [-0.2, 0) is 0 Å². The van der Waals surface area contributed by atoms with Gasteiger partial charge in [-0.1, -0.05) is 6.07 Å². The maximum Gasteiger partial charge on any atom is 0.272 e. The summed E-state index contributed by atoms with van der Waals surface area (Å²) >= 11 is 0. The van der Waals surface area contributed by atoms with Crippen molar-refractivity contribution in [3.8, 4) is 11.5 Å². The number of carbonyl (C=O) groups is 1. The normalized spacial score (nSPS) is 12.2. The summed E-state index contributed by atoms with van der Waals surface area (Å²) in [4.78, 5) is 12.2. The van der Waals surface area contributed by atoms with Gasteiger partial charge in [0.25, 0.3) is 5.91 Å². The molecule has 0 aliphatic carbocycles. The Hall–Kier alpha value is -2.96. The van der Waals surface area contributed by atoms with E-state index in [-0.39, 0.29) is 11.3 Å². The SMILES string of the molecule is Cc1ccc(-c2cc(C(=O)NC(C)c3ccc(F)cc3F)n[nH]2)o1. The molecule has 2 heterocycles. The molecule has 3 aromatic rings. The van der Waals surface area contributed by atoms with Crippen LogP contribution in [0.1, 0.15) is 34.8 Å². The summed E-state index contributed by atoms with van der Waals surface area (Å²) in [5.74, 6) is -0.545. The molecule has 2 N–H and O–H groups in total. The molecule has 3 rings (SSSR count). The van der Waals surface area contributed by atoms with Crippen LogP contribution >= 0.6 is 0 Å². The lowest BCUT2D eigenvalue weighted by Gasteiger charge is -2.14. The zero-order valence-corrected chi connectivity index (χ0v) is 13.1. The second-order valence-electron chi connectivity index (χ2n) is 5.44. The Balaban J connectivity index is 1.74. The van der Waals surface area contributed by atoms with Crippen molar-refractivity contribution >= 4 is 5.91 Å². The zero-order valence-electron chi connectivity index (χ0n) is 13.1. The molecule has 0 fully saturated rings. The fourth-order valence-corrected chi connectivity index (χ4v) is 2.34. The number of halogens is 2. The van der Waals surface area contributed by atoms with Crippen molar-refractivity contribution in [2.45, 2.75) is 19.9 Å².